The molecule has 84 valence electrons. The highest BCUT2D eigenvalue weighted by atomic mass is 32.2. The highest BCUT2D eigenvalue weighted by Crippen LogP contribution is 2.23. The Morgan fingerprint density at radius 1 is 1.25 bits per heavy atom. The molecule has 2 aromatic rings. The van der Waals surface area contributed by atoms with Crippen LogP contribution in [0.4, 0.5) is 8.78 Å². The summed E-state index contributed by atoms with van der Waals surface area (Å²) in [6.45, 7) is 0. The predicted octanol–water partition coefficient (Wildman–Crippen LogP) is 3.13. The normalized spacial score (nSPS) is 10.7. The van der Waals surface area contributed by atoms with Gasteiger partial charge in [0.1, 0.15) is 16.6 Å². The van der Waals surface area contributed by atoms with Gasteiger partial charge in [-0.2, -0.15) is 0 Å². The molecule has 0 spiro atoms. The van der Waals surface area contributed by atoms with Gasteiger partial charge in [-0.25, -0.2) is 8.78 Å². The molecule has 0 amide bonds. The Morgan fingerprint density at radius 2 is 1.94 bits per heavy atom. The fraction of sp³-hybridized carbons (Fsp3) is 0.200. The summed E-state index contributed by atoms with van der Waals surface area (Å²) in [5.41, 5.74) is 0.0475. The lowest BCUT2D eigenvalue weighted by Crippen LogP contribution is -1.96. The molecular weight excluding hydrogens is 250 g/mol. The van der Waals surface area contributed by atoms with Crippen molar-refractivity contribution in [3.8, 4) is 0 Å². The van der Waals surface area contributed by atoms with Gasteiger partial charge in [0.2, 0.25) is 0 Å². The fourth-order valence-corrected chi connectivity index (χ4v) is 2.57. The first-order valence-electron chi connectivity index (χ1n) is 4.50. The van der Waals surface area contributed by atoms with Crippen LogP contribution in [-0.2, 0) is 6.42 Å². The molecular formula is C10H8F2N2S2. The van der Waals surface area contributed by atoms with E-state index >= 15 is 0 Å². The second-order valence-corrected chi connectivity index (χ2v) is 5.16. The zero-order valence-corrected chi connectivity index (χ0v) is 10.0. The standard InChI is InChI=1S/C10H8F2N2S2/c1-15-10-14-13-9(16-10)5-6-7(11)3-2-4-8(6)12/h2-4H,5H2,1H3. The molecule has 6 heteroatoms. The molecule has 0 aliphatic carbocycles. The van der Waals surface area contributed by atoms with Gasteiger partial charge in [-0.3, -0.25) is 0 Å². The maximum atomic E-state index is 13.3. The van der Waals surface area contributed by atoms with Crippen LogP contribution in [0.5, 0.6) is 0 Å². The van der Waals surface area contributed by atoms with Crippen LogP contribution >= 0.6 is 23.1 Å². The molecule has 0 bridgehead atoms. The quantitative estimate of drug-likeness (QED) is 0.791. The second kappa shape index (κ2) is 4.88. The number of nitrogens with zero attached hydrogens (tertiary/aromatic N) is 2. The highest BCUT2D eigenvalue weighted by molar-refractivity contribution is 8.00. The average molecular weight is 258 g/mol. The molecule has 0 saturated heterocycles. The van der Waals surface area contributed by atoms with Crippen LogP contribution < -0.4 is 0 Å². The average Bonchev–Trinajstić information content (AvgIpc) is 2.71. The summed E-state index contributed by atoms with van der Waals surface area (Å²) >= 11 is 2.82. The molecule has 0 radical (unpaired) electrons. The van der Waals surface area contributed by atoms with Crippen LogP contribution in [0.3, 0.4) is 0 Å². The van der Waals surface area contributed by atoms with Gasteiger partial charge in [0, 0.05) is 12.0 Å². The van der Waals surface area contributed by atoms with Gasteiger partial charge in [0.15, 0.2) is 4.34 Å². The Hall–Kier alpha value is -1.01. The zero-order valence-electron chi connectivity index (χ0n) is 8.41. The Labute approximate surface area is 99.7 Å². The number of halogens is 2. The third-order valence-corrected chi connectivity index (χ3v) is 3.91. The number of hydrogen-bond acceptors (Lipinski definition) is 4. The van der Waals surface area contributed by atoms with Crippen LogP contribution in [0.25, 0.3) is 0 Å². The van der Waals surface area contributed by atoms with Crippen LogP contribution in [-0.4, -0.2) is 16.5 Å². The minimum Gasteiger partial charge on any atom is -0.207 e. The van der Waals surface area contributed by atoms with E-state index in [0.29, 0.717) is 5.01 Å². The molecule has 1 aromatic carbocycles. The molecule has 0 fully saturated rings. The van der Waals surface area contributed by atoms with Crippen molar-refractivity contribution in [2.45, 2.75) is 10.8 Å². The molecule has 1 aromatic heterocycles. The lowest BCUT2D eigenvalue weighted by Gasteiger charge is -2.01. The minimum absolute atomic E-state index is 0.0475. The van der Waals surface area contributed by atoms with Gasteiger partial charge in [-0.15, -0.1) is 10.2 Å². The Morgan fingerprint density at radius 3 is 2.50 bits per heavy atom. The number of rotatable bonds is 3. The number of benzene rings is 1. The first-order valence-corrected chi connectivity index (χ1v) is 6.54. The molecule has 0 aliphatic heterocycles. The van der Waals surface area contributed by atoms with Crippen molar-refractivity contribution in [1.82, 2.24) is 10.2 Å². The summed E-state index contributed by atoms with van der Waals surface area (Å²) in [6, 6.07) is 3.84. The molecule has 16 heavy (non-hydrogen) atoms. The molecule has 1 heterocycles. The highest BCUT2D eigenvalue weighted by Gasteiger charge is 2.12. The summed E-state index contributed by atoms with van der Waals surface area (Å²) in [4.78, 5) is 0. The summed E-state index contributed by atoms with van der Waals surface area (Å²) in [5, 5.41) is 8.37. The van der Waals surface area contributed by atoms with E-state index < -0.39 is 11.6 Å². The van der Waals surface area contributed by atoms with E-state index in [-0.39, 0.29) is 12.0 Å². The summed E-state index contributed by atoms with van der Waals surface area (Å²) in [7, 11) is 0. The van der Waals surface area contributed by atoms with Gasteiger partial charge in [-0.1, -0.05) is 29.2 Å². The maximum absolute atomic E-state index is 13.3. The van der Waals surface area contributed by atoms with Crippen molar-refractivity contribution in [3.63, 3.8) is 0 Å². The smallest absolute Gasteiger partial charge is 0.174 e. The summed E-state index contributed by atoms with van der Waals surface area (Å²) < 4.78 is 27.5. The number of hydrogen-bond donors (Lipinski definition) is 0. The molecule has 0 unspecified atom stereocenters. The second-order valence-electron chi connectivity index (χ2n) is 3.04. The van der Waals surface area contributed by atoms with Gasteiger partial charge in [-0.05, 0) is 18.4 Å². The first kappa shape index (κ1) is 11.5. The Balaban J connectivity index is 2.26. The number of aromatic nitrogens is 2. The lowest BCUT2D eigenvalue weighted by molar-refractivity contribution is 0.561. The molecule has 2 nitrogen and oxygen atoms in total. The fourth-order valence-electron chi connectivity index (χ4n) is 1.24. The van der Waals surface area contributed by atoms with Gasteiger partial charge >= 0.3 is 0 Å². The molecule has 2 rings (SSSR count). The zero-order chi connectivity index (χ0) is 11.5. The van der Waals surface area contributed by atoms with Gasteiger partial charge in [0.05, 0.1) is 0 Å². The van der Waals surface area contributed by atoms with E-state index in [2.05, 4.69) is 10.2 Å². The summed E-state index contributed by atoms with van der Waals surface area (Å²) in [6.07, 6.45) is 2.03. The van der Waals surface area contributed by atoms with E-state index in [1.807, 2.05) is 6.26 Å². The third-order valence-electron chi connectivity index (χ3n) is 2.01. The molecule has 0 aliphatic rings. The van der Waals surface area contributed by atoms with Crippen LogP contribution in [0, 0.1) is 11.6 Å². The van der Waals surface area contributed by atoms with E-state index in [1.54, 1.807) is 0 Å². The summed E-state index contributed by atoms with van der Waals surface area (Å²) in [5.74, 6) is -1.08. The van der Waals surface area contributed by atoms with Crippen molar-refractivity contribution in [1.29, 1.82) is 0 Å². The SMILES string of the molecule is CSc1nnc(Cc2c(F)cccc2F)s1. The largest absolute Gasteiger partial charge is 0.207 e. The van der Waals surface area contributed by atoms with Crippen molar-refractivity contribution < 1.29 is 8.78 Å². The minimum atomic E-state index is -0.541. The van der Waals surface area contributed by atoms with Gasteiger partial charge < -0.3 is 0 Å². The van der Waals surface area contributed by atoms with Crippen LogP contribution in [0.2, 0.25) is 0 Å². The first-order chi connectivity index (χ1) is 7.70. The molecule has 0 N–H and O–H groups in total. The third kappa shape index (κ3) is 2.38. The van der Waals surface area contributed by atoms with E-state index in [4.69, 9.17) is 0 Å². The molecule has 0 saturated carbocycles. The number of thioether (sulfide) groups is 1. The van der Waals surface area contributed by atoms with E-state index in [0.717, 1.165) is 4.34 Å². The Kier molecular flexibility index (Phi) is 3.50. The maximum Gasteiger partial charge on any atom is 0.174 e. The van der Waals surface area contributed by atoms with Crippen LogP contribution in [0.1, 0.15) is 10.6 Å². The van der Waals surface area contributed by atoms with Crippen molar-refractivity contribution >= 4 is 23.1 Å². The molecule has 0 atom stereocenters. The van der Waals surface area contributed by atoms with Crippen molar-refractivity contribution in [2.24, 2.45) is 0 Å². The van der Waals surface area contributed by atoms with Crippen molar-refractivity contribution in [2.75, 3.05) is 6.26 Å². The van der Waals surface area contributed by atoms with Gasteiger partial charge in [0.25, 0.3) is 0 Å². The van der Waals surface area contributed by atoms with E-state index in [9.17, 15) is 8.78 Å². The van der Waals surface area contributed by atoms with Crippen LogP contribution in [0.15, 0.2) is 22.5 Å². The predicted molar refractivity (Wildman–Crippen MR) is 60.9 cm³/mol. The van der Waals surface area contributed by atoms with E-state index in [1.165, 1.54) is 41.3 Å². The Bertz CT molecular complexity index is 479. The topological polar surface area (TPSA) is 25.8 Å². The monoisotopic (exact) mass is 258 g/mol. The lowest BCUT2D eigenvalue weighted by atomic mass is 10.1. The van der Waals surface area contributed by atoms with Crippen molar-refractivity contribution in [3.05, 3.63) is 40.4 Å².